The summed E-state index contributed by atoms with van der Waals surface area (Å²) in [5.74, 6) is 0.685. The van der Waals surface area contributed by atoms with E-state index in [1.54, 1.807) is 22.1 Å². The van der Waals surface area contributed by atoms with Crippen LogP contribution in [0.2, 0.25) is 0 Å². The SMILES string of the molecule is CCC/C=C\Cn1c(-c2ccccc2)ncc(NCc2ccc(-c3ccccc3)s2)c1=O.CCCc1ccncc1/C=C(\C)CNC. The molecule has 6 nitrogen and oxygen atoms in total. The van der Waals surface area contributed by atoms with Crippen LogP contribution in [-0.2, 0) is 19.5 Å². The van der Waals surface area contributed by atoms with Crippen molar-refractivity contribution in [2.45, 2.75) is 59.5 Å². The Bertz CT molecular complexity index is 1770. The second-order valence-electron chi connectivity index (χ2n) is 11.4. The van der Waals surface area contributed by atoms with Crippen LogP contribution in [0.5, 0.6) is 0 Å². The van der Waals surface area contributed by atoms with E-state index in [4.69, 9.17) is 0 Å². The number of hydrogen-bond donors (Lipinski definition) is 2. The highest BCUT2D eigenvalue weighted by Crippen LogP contribution is 2.28. The summed E-state index contributed by atoms with van der Waals surface area (Å²) in [6.45, 7) is 8.51. The van der Waals surface area contributed by atoms with E-state index in [-0.39, 0.29) is 5.56 Å². The van der Waals surface area contributed by atoms with Gasteiger partial charge in [-0.05, 0) is 61.7 Å². The van der Waals surface area contributed by atoms with Gasteiger partial charge >= 0.3 is 0 Å². The van der Waals surface area contributed by atoms with E-state index in [0.717, 1.165) is 31.4 Å². The van der Waals surface area contributed by atoms with Crippen molar-refractivity contribution in [3.8, 4) is 21.8 Å². The lowest BCUT2D eigenvalue weighted by Crippen LogP contribution is -2.25. The number of unbranched alkanes of at least 4 members (excludes halogenated alkanes) is 1. The summed E-state index contributed by atoms with van der Waals surface area (Å²) in [5, 5.41) is 6.46. The Morgan fingerprint density at radius 2 is 1.64 bits per heavy atom. The first kappa shape index (κ1) is 35.3. The van der Waals surface area contributed by atoms with Gasteiger partial charge in [-0.25, -0.2) is 4.98 Å². The van der Waals surface area contributed by atoms with Gasteiger partial charge in [0.2, 0.25) is 0 Å². The van der Waals surface area contributed by atoms with E-state index >= 15 is 0 Å². The first-order valence-electron chi connectivity index (χ1n) is 16.5. The van der Waals surface area contributed by atoms with Crippen LogP contribution < -0.4 is 16.2 Å². The summed E-state index contributed by atoms with van der Waals surface area (Å²) < 4.78 is 1.74. The van der Waals surface area contributed by atoms with Crippen molar-refractivity contribution in [2.24, 2.45) is 0 Å². The minimum Gasteiger partial charge on any atom is -0.374 e. The van der Waals surface area contributed by atoms with Crippen LogP contribution in [-0.4, -0.2) is 28.1 Å². The van der Waals surface area contributed by atoms with E-state index in [9.17, 15) is 4.79 Å². The Kier molecular flexibility index (Phi) is 14.4. The number of benzene rings is 2. The molecular weight excluding hydrogens is 599 g/mol. The second-order valence-corrected chi connectivity index (χ2v) is 12.5. The summed E-state index contributed by atoms with van der Waals surface area (Å²) in [6, 6.07) is 26.6. The highest BCUT2D eigenvalue weighted by molar-refractivity contribution is 7.15. The Labute approximate surface area is 284 Å². The second kappa shape index (κ2) is 19.2. The third-order valence-corrected chi connectivity index (χ3v) is 8.62. The molecule has 0 spiro atoms. The standard InChI is InChI=1S/C27H27N3OS.C13H20N2/c1-2-3-4-11-18-30-26(22-14-9-6-10-15-22)29-20-24(27(30)31)28-19-23-16-17-25(32-23)21-12-7-5-8-13-21;1-4-5-12-6-7-15-10-13(12)8-11(2)9-14-3/h4-17,20,28H,2-3,18-19H2,1H3;6-8,10,14H,4-5,9H2,1-3H3/b11-4-;11-8+. The van der Waals surface area contributed by atoms with Crippen LogP contribution in [0.3, 0.4) is 0 Å². The largest absolute Gasteiger partial charge is 0.374 e. The molecule has 5 aromatic rings. The summed E-state index contributed by atoms with van der Waals surface area (Å²) >= 11 is 1.73. The van der Waals surface area contributed by atoms with Gasteiger partial charge in [-0.15, -0.1) is 11.3 Å². The number of hydrogen-bond acceptors (Lipinski definition) is 6. The number of rotatable bonds is 14. The molecule has 47 heavy (non-hydrogen) atoms. The zero-order valence-electron chi connectivity index (χ0n) is 28.1. The van der Waals surface area contributed by atoms with Crippen LogP contribution in [0.1, 0.15) is 56.0 Å². The lowest BCUT2D eigenvalue weighted by Gasteiger charge is -2.13. The van der Waals surface area contributed by atoms with Gasteiger partial charge in [0.1, 0.15) is 11.5 Å². The molecule has 0 saturated heterocycles. The third-order valence-electron chi connectivity index (χ3n) is 7.49. The van der Waals surface area contributed by atoms with Gasteiger partial charge < -0.3 is 10.6 Å². The number of allylic oxidation sites excluding steroid dienone is 2. The molecule has 0 saturated carbocycles. The van der Waals surface area contributed by atoms with Gasteiger partial charge in [-0.3, -0.25) is 14.3 Å². The average molecular weight is 646 g/mol. The number of anilines is 1. The van der Waals surface area contributed by atoms with Crippen molar-refractivity contribution in [1.82, 2.24) is 19.9 Å². The van der Waals surface area contributed by atoms with Crippen molar-refractivity contribution in [1.29, 1.82) is 0 Å². The fourth-order valence-corrected chi connectivity index (χ4v) is 6.09. The minimum absolute atomic E-state index is 0.0557. The molecule has 0 aliphatic heterocycles. The molecule has 0 amide bonds. The number of pyridine rings is 1. The molecule has 2 N–H and O–H groups in total. The molecule has 244 valence electrons. The smallest absolute Gasteiger partial charge is 0.277 e. The van der Waals surface area contributed by atoms with Crippen molar-refractivity contribution >= 4 is 23.1 Å². The molecule has 0 aliphatic carbocycles. The minimum atomic E-state index is -0.0557. The topological polar surface area (TPSA) is 71.8 Å². The van der Waals surface area contributed by atoms with Crippen molar-refractivity contribution in [2.75, 3.05) is 18.9 Å². The molecule has 5 rings (SSSR count). The maximum Gasteiger partial charge on any atom is 0.277 e. The fraction of sp³-hybridized carbons (Fsp3) is 0.275. The molecule has 0 radical (unpaired) electrons. The highest BCUT2D eigenvalue weighted by Gasteiger charge is 2.12. The number of nitrogens with zero attached hydrogens (tertiary/aromatic N) is 3. The van der Waals surface area contributed by atoms with Gasteiger partial charge in [0, 0.05) is 47.3 Å². The fourth-order valence-electron chi connectivity index (χ4n) is 5.14. The molecule has 0 fully saturated rings. The van der Waals surface area contributed by atoms with Crippen LogP contribution in [0.4, 0.5) is 5.69 Å². The first-order valence-corrected chi connectivity index (χ1v) is 17.3. The van der Waals surface area contributed by atoms with Crippen LogP contribution in [0, 0.1) is 0 Å². The van der Waals surface area contributed by atoms with E-state index < -0.39 is 0 Å². The van der Waals surface area contributed by atoms with Gasteiger partial charge in [0.15, 0.2) is 0 Å². The molecule has 3 heterocycles. The molecule has 2 aromatic carbocycles. The van der Waals surface area contributed by atoms with E-state index in [0.29, 0.717) is 24.6 Å². The number of thiophene rings is 1. The Morgan fingerprint density at radius 3 is 2.34 bits per heavy atom. The third kappa shape index (κ3) is 10.7. The molecule has 3 aromatic heterocycles. The highest BCUT2D eigenvalue weighted by atomic mass is 32.1. The lowest BCUT2D eigenvalue weighted by molar-refractivity contribution is 0.762. The number of likely N-dealkylation sites (N-methyl/N-ethyl adjacent to an activating group) is 1. The van der Waals surface area contributed by atoms with Gasteiger partial charge in [-0.2, -0.15) is 0 Å². The maximum atomic E-state index is 13.3. The van der Waals surface area contributed by atoms with Crippen LogP contribution in [0.25, 0.3) is 27.9 Å². The van der Waals surface area contributed by atoms with Gasteiger partial charge in [-0.1, -0.05) is 111 Å². The predicted molar refractivity (Wildman–Crippen MR) is 201 cm³/mol. The van der Waals surface area contributed by atoms with Crippen molar-refractivity contribution in [3.63, 3.8) is 0 Å². The molecule has 7 heteroatoms. The quantitative estimate of drug-likeness (QED) is 0.118. The van der Waals surface area contributed by atoms with Crippen LogP contribution >= 0.6 is 11.3 Å². The summed E-state index contributed by atoms with van der Waals surface area (Å²) in [6.07, 6.45) is 16.3. The monoisotopic (exact) mass is 645 g/mol. The molecule has 0 bridgehead atoms. The van der Waals surface area contributed by atoms with Gasteiger partial charge in [0.25, 0.3) is 5.56 Å². The maximum absolute atomic E-state index is 13.3. The number of aromatic nitrogens is 3. The van der Waals surface area contributed by atoms with E-state index in [2.05, 4.69) is 83.9 Å². The summed E-state index contributed by atoms with van der Waals surface area (Å²) in [7, 11) is 1.97. The number of nitrogens with one attached hydrogen (secondary N) is 2. The van der Waals surface area contributed by atoms with Crippen molar-refractivity contribution < 1.29 is 0 Å². The Balaban J connectivity index is 0.000000280. The van der Waals surface area contributed by atoms with E-state index in [1.807, 2.05) is 74.0 Å². The Morgan fingerprint density at radius 1 is 0.894 bits per heavy atom. The Hall–Kier alpha value is -4.59. The average Bonchev–Trinajstić information content (AvgIpc) is 3.58. The zero-order valence-corrected chi connectivity index (χ0v) is 28.9. The molecule has 0 atom stereocenters. The van der Waals surface area contributed by atoms with Gasteiger partial charge in [0.05, 0.1) is 6.20 Å². The zero-order chi connectivity index (χ0) is 33.3. The number of aryl methyl sites for hydroxylation is 1. The van der Waals surface area contributed by atoms with Crippen LogP contribution in [0.15, 0.2) is 120 Å². The lowest BCUT2D eigenvalue weighted by atomic mass is 10.0. The normalized spacial score (nSPS) is 11.4. The molecular formula is C40H47N5OS. The first-order chi connectivity index (χ1) is 23.0. The van der Waals surface area contributed by atoms with Crippen molar-refractivity contribution in [3.05, 3.63) is 142 Å². The summed E-state index contributed by atoms with van der Waals surface area (Å²) in [4.78, 5) is 24.5. The predicted octanol–water partition coefficient (Wildman–Crippen LogP) is 9.26. The van der Waals surface area contributed by atoms with E-state index in [1.165, 1.54) is 38.4 Å². The summed E-state index contributed by atoms with van der Waals surface area (Å²) in [5.41, 5.74) is 6.59. The molecule has 0 unspecified atom stereocenters. The molecule has 0 aliphatic rings.